The SMILES string of the molecule is COc1ccc2cc1OCCn1nc(C)nc1[C@H](C(C)C)NC(=O)CN(C(=O)Cc1coc3cc(C)cc(C)c13)CCCNC2=O. The molecule has 2 N–H and O–H groups in total. The predicted octanol–water partition coefficient (Wildman–Crippen LogP) is 4.06. The van der Waals surface area contributed by atoms with E-state index < -0.39 is 6.04 Å². The zero-order valence-electron chi connectivity index (χ0n) is 27.3. The van der Waals surface area contributed by atoms with Crippen LogP contribution in [0, 0.1) is 26.7 Å². The van der Waals surface area contributed by atoms with Crippen molar-refractivity contribution in [2.45, 2.75) is 60.0 Å². The Bertz CT molecular complexity index is 1740. The molecule has 12 nitrogen and oxygen atoms in total. The van der Waals surface area contributed by atoms with Crippen LogP contribution in [0.3, 0.4) is 0 Å². The third kappa shape index (κ3) is 7.32. The fourth-order valence-corrected chi connectivity index (χ4v) is 5.86. The van der Waals surface area contributed by atoms with E-state index in [1.165, 1.54) is 0 Å². The van der Waals surface area contributed by atoms with E-state index in [1.807, 2.05) is 33.8 Å². The van der Waals surface area contributed by atoms with Gasteiger partial charge in [0.15, 0.2) is 11.5 Å². The van der Waals surface area contributed by atoms with Crippen molar-refractivity contribution >= 4 is 28.7 Å². The summed E-state index contributed by atoms with van der Waals surface area (Å²) in [5, 5.41) is 11.5. The van der Waals surface area contributed by atoms with Crippen LogP contribution in [0.25, 0.3) is 11.0 Å². The highest BCUT2D eigenvalue weighted by atomic mass is 16.5. The number of methoxy groups -OCH3 is 1. The molecule has 2 aromatic heterocycles. The van der Waals surface area contributed by atoms with E-state index in [4.69, 9.17) is 13.9 Å². The maximum Gasteiger partial charge on any atom is 0.251 e. The second-order valence-electron chi connectivity index (χ2n) is 12.1. The molecule has 5 rings (SSSR count). The van der Waals surface area contributed by atoms with Gasteiger partial charge in [-0.3, -0.25) is 14.4 Å². The number of aromatic nitrogens is 3. The topological polar surface area (TPSA) is 141 Å². The molecule has 3 heterocycles. The van der Waals surface area contributed by atoms with Crippen LogP contribution in [0.15, 0.2) is 41.0 Å². The highest BCUT2D eigenvalue weighted by Crippen LogP contribution is 2.29. The van der Waals surface area contributed by atoms with E-state index in [0.717, 1.165) is 27.7 Å². The summed E-state index contributed by atoms with van der Waals surface area (Å²) in [5.41, 5.74) is 4.02. The molecule has 0 radical (unpaired) electrons. The Labute approximate surface area is 268 Å². The van der Waals surface area contributed by atoms with E-state index in [0.29, 0.717) is 48.2 Å². The van der Waals surface area contributed by atoms with Crippen molar-refractivity contribution in [3.05, 3.63) is 70.5 Å². The number of rotatable bonds is 4. The number of carbonyl (C=O) groups is 3. The molecule has 2 aromatic carbocycles. The summed E-state index contributed by atoms with van der Waals surface area (Å²) in [6, 6.07) is 8.57. The summed E-state index contributed by atoms with van der Waals surface area (Å²) < 4.78 is 19.0. The minimum Gasteiger partial charge on any atom is -0.493 e. The minimum absolute atomic E-state index is 0.0160. The van der Waals surface area contributed by atoms with Gasteiger partial charge in [-0.05, 0) is 68.5 Å². The van der Waals surface area contributed by atoms with E-state index in [1.54, 1.807) is 48.1 Å². The van der Waals surface area contributed by atoms with Crippen molar-refractivity contribution in [2.75, 3.05) is 33.4 Å². The Morgan fingerprint density at radius 3 is 2.70 bits per heavy atom. The fourth-order valence-electron chi connectivity index (χ4n) is 5.86. The smallest absolute Gasteiger partial charge is 0.251 e. The van der Waals surface area contributed by atoms with E-state index in [-0.39, 0.29) is 49.8 Å². The largest absolute Gasteiger partial charge is 0.493 e. The van der Waals surface area contributed by atoms with Crippen LogP contribution in [0.5, 0.6) is 11.5 Å². The van der Waals surface area contributed by atoms with Crippen LogP contribution in [0.2, 0.25) is 0 Å². The molecule has 0 saturated carbocycles. The van der Waals surface area contributed by atoms with Crippen LogP contribution < -0.4 is 20.1 Å². The number of nitrogens with zero attached hydrogens (tertiary/aromatic N) is 4. The van der Waals surface area contributed by atoms with Crippen LogP contribution >= 0.6 is 0 Å². The van der Waals surface area contributed by atoms with Crippen LogP contribution in [-0.2, 0) is 22.6 Å². The van der Waals surface area contributed by atoms with Gasteiger partial charge in [0.25, 0.3) is 5.91 Å². The van der Waals surface area contributed by atoms with Crippen molar-refractivity contribution in [3.8, 4) is 11.5 Å². The molecule has 2 bridgehead atoms. The molecule has 0 spiro atoms. The highest BCUT2D eigenvalue weighted by molar-refractivity contribution is 5.95. The quantitative estimate of drug-likeness (QED) is 0.344. The van der Waals surface area contributed by atoms with Crippen LogP contribution in [-0.4, -0.2) is 70.7 Å². The Morgan fingerprint density at radius 1 is 1.13 bits per heavy atom. The van der Waals surface area contributed by atoms with Gasteiger partial charge < -0.3 is 29.4 Å². The first-order chi connectivity index (χ1) is 22.0. The molecule has 0 saturated heterocycles. The molecular weight excluding hydrogens is 588 g/mol. The van der Waals surface area contributed by atoms with Crippen molar-refractivity contribution in [1.29, 1.82) is 0 Å². The summed E-state index contributed by atoms with van der Waals surface area (Å²) in [6.07, 6.45) is 2.14. The molecule has 0 unspecified atom stereocenters. The molecule has 12 heteroatoms. The number of nitrogens with one attached hydrogen (secondary N) is 2. The highest BCUT2D eigenvalue weighted by Gasteiger charge is 2.27. The van der Waals surface area contributed by atoms with Crippen LogP contribution in [0.1, 0.15) is 65.0 Å². The van der Waals surface area contributed by atoms with Crippen LogP contribution in [0.4, 0.5) is 0 Å². The number of amides is 3. The zero-order chi connectivity index (χ0) is 33.0. The Morgan fingerprint density at radius 2 is 1.93 bits per heavy atom. The van der Waals surface area contributed by atoms with Gasteiger partial charge in [-0.25, -0.2) is 9.67 Å². The number of furan rings is 1. The van der Waals surface area contributed by atoms with Crippen molar-refractivity contribution in [1.82, 2.24) is 30.3 Å². The summed E-state index contributed by atoms with van der Waals surface area (Å²) in [5.74, 6) is 1.26. The molecule has 0 fully saturated rings. The average Bonchev–Trinajstić information content (AvgIpc) is 3.58. The normalized spacial score (nSPS) is 16.7. The number of fused-ring (bicyclic) bond motifs is 4. The lowest BCUT2D eigenvalue weighted by Crippen LogP contribution is -2.44. The maximum atomic E-state index is 13.8. The molecule has 3 amide bonds. The van der Waals surface area contributed by atoms with Gasteiger partial charge >= 0.3 is 0 Å². The molecule has 1 aliphatic heterocycles. The van der Waals surface area contributed by atoms with Gasteiger partial charge in [-0.1, -0.05) is 19.9 Å². The lowest BCUT2D eigenvalue weighted by Gasteiger charge is -2.26. The summed E-state index contributed by atoms with van der Waals surface area (Å²) >= 11 is 0. The first-order valence-electron chi connectivity index (χ1n) is 15.6. The number of aryl methyl sites for hydroxylation is 3. The third-order valence-corrected chi connectivity index (χ3v) is 8.07. The molecule has 46 heavy (non-hydrogen) atoms. The van der Waals surface area contributed by atoms with Gasteiger partial charge in [0.2, 0.25) is 11.8 Å². The van der Waals surface area contributed by atoms with Crippen molar-refractivity contribution in [3.63, 3.8) is 0 Å². The van der Waals surface area contributed by atoms with E-state index >= 15 is 0 Å². The second kappa shape index (κ2) is 14.1. The fraction of sp³-hybridized carbons (Fsp3) is 0.441. The summed E-state index contributed by atoms with van der Waals surface area (Å²) in [6.45, 7) is 10.8. The van der Waals surface area contributed by atoms with Gasteiger partial charge in [-0.2, -0.15) is 5.10 Å². The number of carbonyl (C=O) groups excluding carboxylic acids is 3. The number of benzene rings is 2. The molecule has 1 aliphatic rings. The van der Waals surface area contributed by atoms with E-state index in [9.17, 15) is 14.4 Å². The lowest BCUT2D eigenvalue weighted by molar-refractivity contribution is -0.136. The van der Waals surface area contributed by atoms with E-state index in [2.05, 4.69) is 26.8 Å². The Kier molecular flexibility index (Phi) is 9.93. The molecular formula is C34H42N6O6. The molecule has 1 atom stereocenters. The predicted molar refractivity (Wildman–Crippen MR) is 172 cm³/mol. The summed E-state index contributed by atoms with van der Waals surface area (Å²) in [7, 11) is 1.54. The maximum absolute atomic E-state index is 13.8. The average molecular weight is 631 g/mol. The molecule has 4 aromatic rings. The second-order valence-corrected chi connectivity index (χ2v) is 12.1. The lowest BCUT2D eigenvalue weighted by atomic mass is 10.0. The van der Waals surface area contributed by atoms with Gasteiger partial charge in [0.05, 0.1) is 38.9 Å². The summed E-state index contributed by atoms with van der Waals surface area (Å²) in [4.78, 5) is 46.6. The molecule has 244 valence electrons. The van der Waals surface area contributed by atoms with Gasteiger partial charge in [0.1, 0.15) is 23.8 Å². The van der Waals surface area contributed by atoms with Gasteiger partial charge in [0, 0.05) is 29.6 Å². The van der Waals surface area contributed by atoms with Crippen molar-refractivity contribution in [2.24, 2.45) is 5.92 Å². The standard InChI is InChI=1S/C34H42N6O6/c1-20(2)32-33-36-23(5)38-40(33)12-13-45-27-16-24(8-9-26(27)44-6)34(43)35-10-7-11-39(18-29(41)37-32)30(42)17-25-19-46-28-15-21(3)14-22(4)31(25)28/h8-9,14-16,19-20,32H,7,10-13,17-18H2,1-6H3,(H,35,43)(H,37,41)/t32-/m0/s1. The first kappa shape index (κ1) is 32.5. The first-order valence-corrected chi connectivity index (χ1v) is 15.6. The monoisotopic (exact) mass is 630 g/mol. The number of hydrogen-bond donors (Lipinski definition) is 2. The van der Waals surface area contributed by atoms with Gasteiger partial charge in [-0.15, -0.1) is 0 Å². The molecule has 0 aliphatic carbocycles. The third-order valence-electron chi connectivity index (χ3n) is 8.07. The minimum atomic E-state index is -0.453. The number of ether oxygens (including phenoxy) is 2. The zero-order valence-corrected chi connectivity index (χ0v) is 27.3. The Hall–Kier alpha value is -4.87. The Balaban J connectivity index is 1.43. The van der Waals surface area contributed by atoms with Crippen molar-refractivity contribution < 1.29 is 28.3 Å². The number of hydrogen-bond acceptors (Lipinski definition) is 8.